The first-order chi connectivity index (χ1) is 8.22. The van der Waals surface area contributed by atoms with E-state index in [1.165, 1.54) is 12.8 Å². The average molecular weight is 238 g/mol. The molecular formula is C14H26N2O. The molecule has 1 saturated carbocycles. The van der Waals surface area contributed by atoms with Crippen molar-refractivity contribution in [2.45, 2.75) is 51.9 Å². The Bertz CT molecular complexity index is 271. The topological polar surface area (TPSA) is 46.3 Å². The molecule has 1 atom stereocenters. The number of nitrogens with zero attached hydrogens (tertiary/aromatic N) is 1. The van der Waals surface area contributed by atoms with Gasteiger partial charge in [0.1, 0.15) is 0 Å². The lowest BCUT2D eigenvalue weighted by atomic mass is 9.82. The Morgan fingerprint density at radius 3 is 2.71 bits per heavy atom. The van der Waals surface area contributed by atoms with Gasteiger partial charge in [0.05, 0.1) is 0 Å². The molecule has 0 bridgehead atoms. The van der Waals surface area contributed by atoms with E-state index < -0.39 is 0 Å². The van der Waals surface area contributed by atoms with Gasteiger partial charge in [-0.15, -0.1) is 0 Å². The van der Waals surface area contributed by atoms with E-state index in [9.17, 15) is 4.79 Å². The van der Waals surface area contributed by atoms with E-state index in [1.54, 1.807) is 0 Å². The second-order valence-electron chi connectivity index (χ2n) is 5.82. The highest BCUT2D eigenvalue weighted by atomic mass is 16.2. The maximum Gasteiger partial charge on any atom is 0.228 e. The van der Waals surface area contributed by atoms with Gasteiger partial charge in [-0.25, -0.2) is 0 Å². The van der Waals surface area contributed by atoms with Crippen LogP contribution < -0.4 is 5.73 Å². The molecular weight excluding hydrogens is 212 g/mol. The molecule has 1 unspecified atom stereocenters. The highest BCUT2D eigenvalue weighted by Gasteiger charge is 2.43. The molecule has 1 saturated heterocycles. The molecule has 17 heavy (non-hydrogen) atoms. The Morgan fingerprint density at radius 1 is 1.41 bits per heavy atom. The van der Waals surface area contributed by atoms with Crippen LogP contribution in [-0.2, 0) is 4.79 Å². The van der Waals surface area contributed by atoms with Gasteiger partial charge in [-0.2, -0.15) is 0 Å². The van der Waals surface area contributed by atoms with E-state index in [-0.39, 0.29) is 5.41 Å². The Balaban J connectivity index is 1.96. The molecule has 2 rings (SSSR count). The third-order valence-corrected chi connectivity index (χ3v) is 4.84. The molecule has 0 aromatic rings. The number of hydrogen-bond donors (Lipinski definition) is 1. The minimum absolute atomic E-state index is 0.00238. The average Bonchev–Trinajstić information content (AvgIpc) is 2.98. The predicted molar refractivity (Wildman–Crippen MR) is 69.6 cm³/mol. The van der Waals surface area contributed by atoms with Gasteiger partial charge in [-0.05, 0) is 44.6 Å². The van der Waals surface area contributed by atoms with Crippen LogP contribution in [0.15, 0.2) is 0 Å². The second kappa shape index (κ2) is 5.38. The molecule has 2 fully saturated rings. The minimum atomic E-state index is -0.00238. The summed E-state index contributed by atoms with van der Waals surface area (Å²) in [5, 5.41) is 0. The first-order valence-electron chi connectivity index (χ1n) is 7.21. The fraction of sp³-hybridized carbons (Fsp3) is 0.929. The van der Waals surface area contributed by atoms with E-state index >= 15 is 0 Å². The van der Waals surface area contributed by atoms with Crippen LogP contribution in [0.2, 0.25) is 0 Å². The van der Waals surface area contributed by atoms with Crippen molar-refractivity contribution in [1.29, 1.82) is 0 Å². The summed E-state index contributed by atoms with van der Waals surface area (Å²) in [6, 6.07) is 0. The number of amides is 1. The van der Waals surface area contributed by atoms with Crippen molar-refractivity contribution in [3.05, 3.63) is 0 Å². The van der Waals surface area contributed by atoms with Crippen molar-refractivity contribution in [1.82, 2.24) is 4.90 Å². The third kappa shape index (κ3) is 2.49. The van der Waals surface area contributed by atoms with Crippen molar-refractivity contribution >= 4 is 5.91 Å². The molecule has 3 heteroatoms. The van der Waals surface area contributed by atoms with Gasteiger partial charge >= 0.3 is 0 Å². The molecule has 1 heterocycles. The molecule has 0 radical (unpaired) electrons. The summed E-state index contributed by atoms with van der Waals surface area (Å²) in [5.41, 5.74) is 5.60. The van der Waals surface area contributed by atoms with Gasteiger partial charge in [0.2, 0.25) is 5.91 Å². The van der Waals surface area contributed by atoms with Crippen LogP contribution in [-0.4, -0.2) is 30.4 Å². The number of carbonyl (C=O) groups is 1. The molecule has 0 aromatic heterocycles. The fourth-order valence-electron chi connectivity index (χ4n) is 3.59. The molecule has 1 amide bonds. The van der Waals surface area contributed by atoms with Gasteiger partial charge in [0, 0.05) is 18.5 Å². The number of rotatable bonds is 4. The van der Waals surface area contributed by atoms with Crippen LogP contribution in [0.1, 0.15) is 51.9 Å². The number of hydrogen-bond acceptors (Lipinski definition) is 2. The zero-order valence-electron chi connectivity index (χ0n) is 11.1. The summed E-state index contributed by atoms with van der Waals surface area (Å²) in [6.45, 7) is 4.85. The van der Waals surface area contributed by atoms with Crippen molar-refractivity contribution in [2.24, 2.45) is 17.1 Å². The molecule has 2 N–H and O–H groups in total. The van der Waals surface area contributed by atoms with Crippen molar-refractivity contribution < 1.29 is 4.79 Å². The normalized spacial score (nSPS) is 27.6. The van der Waals surface area contributed by atoms with Crippen LogP contribution in [0.3, 0.4) is 0 Å². The standard InChI is InChI=1S/C14H26N2O/c1-2-14(7-3-4-8-14)13(17)16-10-6-12(11-16)5-9-15/h12H,2-11,15H2,1H3. The minimum Gasteiger partial charge on any atom is -0.342 e. The highest BCUT2D eigenvalue weighted by molar-refractivity contribution is 5.83. The Kier molecular flexibility index (Phi) is 4.08. The van der Waals surface area contributed by atoms with E-state index in [2.05, 4.69) is 11.8 Å². The Hall–Kier alpha value is -0.570. The SMILES string of the molecule is CCC1(C(=O)N2CCC(CCN)C2)CCCC1. The first-order valence-corrected chi connectivity index (χ1v) is 7.21. The van der Waals surface area contributed by atoms with E-state index in [0.717, 1.165) is 51.7 Å². The van der Waals surface area contributed by atoms with Gasteiger partial charge < -0.3 is 10.6 Å². The van der Waals surface area contributed by atoms with Gasteiger partial charge in [0.25, 0.3) is 0 Å². The largest absolute Gasteiger partial charge is 0.342 e. The zero-order valence-corrected chi connectivity index (χ0v) is 11.1. The van der Waals surface area contributed by atoms with E-state index in [4.69, 9.17) is 5.73 Å². The Morgan fingerprint density at radius 2 is 2.12 bits per heavy atom. The molecule has 1 aliphatic heterocycles. The summed E-state index contributed by atoms with van der Waals surface area (Å²) in [7, 11) is 0. The predicted octanol–water partition coefficient (Wildman–Crippen LogP) is 2.15. The lowest BCUT2D eigenvalue weighted by Crippen LogP contribution is -2.41. The van der Waals surface area contributed by atoms with Gasteiger partial charge in [0.15, 0.2) is 0 Å². The number of carbonyl (C=O) groups excluding carboxylic acids is 1. The van der Waals surface area contributed by atoms with Crippen LogP contribution in [0.5, 0.6) is 0 Å². The molecule has 2 aliphatic rings. The molecule has 1 aliphatic carbocycles. The quantitative estimate of drug-likeness (QED) is 0.815. The number of nitrogens with two attached hydrogens (primary N) is 1. The zero-order chi connectivity index (χ0) is 12.3. The first kappa shape index (κ1) is 12.9. The van der Waals surface area contributed by atoms with E-state index in [1.807, 2.05) is 0 Å². The van der Waals surface area contributed by atoms with E-state index in [0.29, 0.717) is 11.8 Å². The summed E-state index contributed by atoms with van der Waals surface area (Å²) in [5.74, 6) is 1.09. The fourth-order valence-corrected chi connectivity index (χ4v) is 3.59. The summed E-state index contributed by atoms with van der Waals surface area (Å²) < 4.78 is 0. The Labute approximate surface area is 105 Å². The van der Waals surface area contributed by atoms with Crippen LogP contribution in [0.4, 0.5) is 0 Å². The maximum absolute atomic E-state index is 12.6. The molecule has 98 valence electrons. The monoisotopic (exact) mass is 238 g/mol. The van der Waals surface area contributed by atoms with Crippen LogP contribution >= 0.6 is 0 Å². The summed E-state index contributed by atoms with van der Waals surface area (Å²) >= 11 is 0. The highest BCUT2D eigenvalue weighted by Crippen LogP contribution is 2.43. The molecule has 0 spiro atoms. The van der Waals surface area contributed by atoms with Gasteiger partial charge in [-0.3, -0.25) is 4.79 Å². The van der Waals surface area contributed by atoms with Crippen molar-refractivity contribution in [3.8, 4) is 0 Å². The van der Waals surface area contributed by atoms with Crippen molar-refractivity contribution in [3.63, 3.8) is 0 Å². The summed E-state index contributed by atoms with van der Waals surface area (Å²) in [6.07, 6.45) is 7.94. The van der Waals surface area contributed by atoms with Gasteiger partial charge in [-0.1, -0.05) is 19.8 Å². The van der Waals surface area contributed by atoms with Crippen LogP contribution in [0.25, 0.3) is 0 Å². The maximum atomic E-state index is 12.6. The molecule has 0 aromatic carbocycles. The second-order valence-corrected chi connectivity index (χ2v) is 5.82. The number of likely N-dealkylation sites (tertiary alicyclic amines) is 1. The lowest BCUT2D eigenvalue weighted by Gasteiger charge is -2.31. The molecule has 3 nitrogen and oxygen atoms in total. The third-order valence-electron chi connectivity index (χ3n) is 4.84. The summed E-state index contributed by atoms with van der Waals surface area (Å²) in [4.78, 5) is 14.8. The van der Waals surface area contributed by atoms with Crippen LogP contribution in [0, 0.1) is 11.3 Å². The van der Waals surface area contributed by atoms with Crippen molar-refractivity contribution in [2.75, 3.05) is 19.6 Å². The lowest BCUT2D eigenvalue weighted by molar-refractivity contribution is -0.141. The smallest absolute Gasteiger partial charge is 0.228 e.